The number of nitrogens with zero attached hydrogens (tertiary/aromatic N) is 1. The van der Waals surface area contributed by atoms with Crippen molar-refractivity contribution in [2.45, 2.75) is 0 Å². The van der Waals surface area contributed by atoms with E-state index in [0.29, 0.717) is 0 Å². The Labute approximate surface area is 102 Å². The topological polar surface area (TPSA) is 66.5 Å². The first-order chi connectivity index (χ1) is 7.91. The number of urea groups is 1. The second-order valence-corrected chi connectivity index (χ2v) is 4.03. The first kappa shape index (κ1) is 11.6. The van der Waals surface area contributed by atoms with Crippen LogP contribution in [0, 0.1) is 11.6 Å². The summed E-state index contributed by atoms with van der Waals surface area (Å²) in [5, 5.41) is 1.64. The zero-order valence-corrected chi connectivity index (χ0v) is 9.55. The van der Waals surface area contributed by atoms with E-state index in [4.69, 9.17) is 0 Å². The summed E-state index contributed by atoms with van der Waals surface area (Å²) in [5.74, 6) is -4.81. The molecular formula is C9H3BrF2N2O3. The Bertz CT molecular complexity index is 538. The normalized spacial score (nSPS) is 15.5. The standard InChI is InChI=1S/C9H3BrF2N2O3/c10-3-1-4(11)6(5(12)2-3)14-8(16)7(15)13-9(14)17/h1-2H,(H,13,15,17). The van der Waals surface area contributed by atoms with Crippen molar-refractivity contribution in [2.24, 2.45) is 0 Å². The maximum atomic E-state index is 13.5. The predicted molar refractivity (Wildman–Crippen MR) is 55.1 cm³/mol. The fraction of sp³-hybridized carbons (Fsp3) is 0. The number of nitrogens with one attached hydrogen (secondary N) is 1. The quantitative estimate of drug-likeness (QED) is 0.628. The number of rotatable bonds is 1. The number of imide groups is 2. The van der Waals surface area contributed by atoms with Gasteiger partial charge in [0, 0.05) is 4.47 Å². The highest BCUT2D eigenvalue weighted by Crippen LogP contribution is 2.28. The summed E-state index contributed by atoms with van der Waals surface area (Å²) in [6.45, 7) is 0. The molecule has 1 heterocycles. The van der Waals surface area contributed by atoms with E-state index in [1.807, 2.05) is 0 Å². The first-order valence-electron chi connectivity index (χ1n) is 4.25. The molecule has 8 heteroatoms. The minimum absolute atomic E-state index is 0.106. The molecular weight excluding hydrogens is 302 g/mol. The van der Waals surface area contributed by atoms with E-state index < -0.39 is 35.2 Å². The van der Waals surface area contributed by atoms with E-state index in [1.54, 1.807) is 5.32 Å². The summed E-state index contributed by atoms with van der Waals surface area (Å²) in [7, 11) is 0. The Balaban J connectivity index is 2.59. The minimum atomic E-state index is -1.32. The molecule has 88 valence electrons. The molecule has 1 fully saturated rings. The SMILES string of the molecule is O=C1NC(=O)N(c2c(F)cc(Br)cc2F)C1=O. The van der Waals surface area contributed by atoms with E-state index in [9.17, 15) is 23.2 Å². The Morgan fingerprint density at radius 3 is 2.06 bits per heavy atom. The maximum Gasteiger partial charge on any atom is 0.336 e. The second kappa shape index (κ2) is 3.88. The van der Waals surface area contributed by atoms with Gasteiger partial charge in [-0.3, -0.25) is 14.9 Å². The molecule has 5 nitrogen and oxygen atoms in total. The van der Waals surface area contributed by atoms with E-state index in [2.05, 4.69) is 15.9 Å². The number of carbonyl (C=O) groups is 3. The largest absolute Gasteiger partial charge is 0.336 e. The van der Waals surface area contributed by atoms with Crippen LogP contribution in [0.5, 0.6) is 0 Å². The minimum Gasteiger partial charge on any atom is -0.269 e. The molecule has 0 saturated carbocycles. The van der Waals surface area contributed by atoms with Crippen LogP contribution in [0.25, 0.3) is 0 Å². The molecule has 17 heavy (non-hydrogen) atoms. The monoisotopic (exact) mass is 304 g/mol. The molecule has 0 radical (unpaired) electrons. The van der Waals surface area contributed by atoms with E-state index in [-0.39, 0.29) is 9.37 Å². The highest BCUT2D eigenvalue weighted by atomic mass is 79.9. The van der Waals surface area contributed by atoms with E-state index in [1.165, 1.54) is 0 Å². The van der Waals surface area contributed by atoms with Crippen LogP contribution in [-0.2, 0) is 9.59 Å². The van der Waals surface area contributed by atoms with Crippen molar-refractivity contribution in [1.82, 2.24) is 5.32 Å². The molecule has 0 bridgehead atoms. The molecule has 1 aliphatic heterocycles. The lowest BCUT2D eigenvalue weighted by atomic mass is 10.2. The first-order valence-corrected chi connectivity index (χ1v) is 5.05. The van der Waals surface area contributed by atoms with Crippen molar-refractivity contribution in [3.05, 3.63) is 28.2 Å². The summed E-state index contributed by atoms with van der Waals surface area (Å²) < 4.78 is 27.1. The summed E-state index contributed by atoms with van der Waals surface area (Å²) in [6.07, 6.45) is 0. The van der Waals surface area contributed by atoms with Crippen LogP contribution in [0.3, 0.4) is 0 Å². The van der Waals surface area contributed by atoms with Crippen molar-refractivity contribution < 1.29 is 23.2 Å². The number of benzene rings is 1. The lowest BCUT2D eigenvalue weighted by Crippen LogP contribution is -2.32. The number of halogens is 3. The number of anilines is 1. The Morgan fingerprint density at radius 1 is 1.12 bits per heavy atom. The average molecular weight is 305 g/mol. The molecule has 1 saturated heterocycles. The number of hydrogen-bond donors (Lipinski definition) is 1. The number of amides is 4. The van der Waals surface area contributed by atoms with Crippen LogP contribution in [0.1, 0.15) is 0 Å². The third-order valence-electron chi connectivity index (χ3n) is 2.03. The molecule has 2 rings (SSSR count). The highest BCUT2D eigenvalue weighted by Gasteiger charge is 2.40. The van der Waals surface area contributed by atoms with Crippen LogP contribution >= 0.6 is 15.9 Å². The smallest absolute Gasteiger partial charge is 0.269 e. The molecule has 1 N–H and O–H groups in total. The van der Waals surface area contributed by atoms with Gasteiger partial charge in [0.2, 0.25) is 0 Å². The molecule has 1 aliphatic rings. The molecule has 1 aromatic rings. The fourth-order valence-corrected chi connectivity index (χ4v) is 1.75. The van der Waals surface area contributed by atoms with Gasteiger partial charge in [0.25, 0.3) is 0 Å². The zero-order valence-electron chi connectivity index (χ0n) is 7.96. The maximum absolute atomic E-state index is 13.5. The van der Waals surface area contributed by atoms with Gasteiger partial charge in [0.15, 0.2) is 11.6 Å². The number of hydrogen-bond acceptors (Lipinski definition) is 3. The molecule has 0 atom stereocenters. The Kier molecular flexibility index (Phi) is 2.66. The van der Waals surface area contributed by atoms with Gasteiger partial charge in [-0.2, -0.15) is 0 Å². The van der Waals surface area contributed by atoms with Crippen molar-refractivity contribution in [1.29, 1.82) is 0 Å². The molecule has 0 spiro atoms. The van der Waals surface area contributed by atoms with Crippen molar-refractivity contribution in [3.63, 3.8) is 0 Å². The van der Waals surface area contributed by atoms with Crippen molar-refractivity contribution in [2.75, 3.05) is 4.90 Å². The van der Waals surface area contributed by atoms with Gasteiger partial charge >= 0.3 is 17.8 Å². The van der Waals surface area contributed by atoms with Gasteiger partial charge in [0.1, 0.15) is 5.69 Å². The van der Waals surface area contributed by atoms with Crippen LogP contribution in [0.4, 0.5) is 19.3 Å². The Morgan fingerprint density at radius 2 is 1.65 bits per heavy atom. The lowest BCUT2D eigenvalue weighted by Gasteiger charge is -2.13. The molecule has 1 aromatic carbocycles. The summed E-state index contributed by atoms with van der Waals surface area (Å²) >= 11 is 2.85. The van der Waals surface area contributed by atoms with Crippen LogP contribution in [0.2, 0.25) is 0 Å². The van der Waals surface area contributed by atoms with Crippen LogP contribution in [0.15, 0.2) is 16.6 Å². The summed E-state index contributed by atoms with van der Waals surface area (Å²) in [4.78, 5) is 33.5. The van der Waals surface area contributed by atoms with Gasteiger partial charge in [-0.1, -0.05) is 15.9 Å². The average Bonchev–Trinajstić information content (AvgIpc) is 2.43. The van der Waals surface area contributed by atoms with Crippen LogP contribution in [-0.4, -0.2) is 17.8 Å². The summed E-state index contributed by atoms with van der Waals surface area (Å²) in [5.41, 5.74) is -0.874. The third kappa shape index (κ3) is 1.80. The van der Waals surface area contributed by atoms with Crippen molar-refractivity contribution >= 4 is 39.5 Å². The van der Waals surface area contributed by atoms with Gasteiger partial charge in [0.05, 0.1) is 0 Å². The van der Waals surface area contributed by atoms with E-state index >= 15 is 0 Å². The van der Waals surface area contributed by atoms with Gasteiger partial charge < -0.3 is 0 Å². The van der Waals surface area contributed by atoms with Crippen LogP contribution < -0.4 is 10.2 Å². The van der Waals surface area contributed by atoms with Crippen molar-refractivity contribution in [3.8, 4) is 0 Å². The number of carbonyl (C=O) groups excluding carboxylic acids is 3. The van der Waals surface area contributed by atoms with E-state index in [0.717, 1.165) is 12.1 Å². The molecule has 0 aromatic heterocycles. The fourth-order valence-electron chi connectivity index (χ4n) is 1.35. The zero-order chi connectivity index (χ0) is 12.7. The predicted octanol–water partition coefficient (Wildman–Crippen LogP) is 1.31. The van der Waals surface area contributed by atoms with Gasteiger partial charge in [-0.15, -0.1) is 0 Å². The second-order valence-electron chi connectivity index (χ2n) is 3.12. The third-order valence-corrected chi connectivity index (χ3v) is 2.48. The lowest BCUT2D eigenvalue weighted by molar-refractivity contribution is -0.134. The Hall–Kier alpha value is -1.83. The summed E-state index contributed by atoms with van der Waals surface area (Å²) in [6, 6.07) is 0.573. The molecule has 0 aliphatic carbocycles. The van der Waals surface area contributed by atoms with Gasteiger partial charge in [-0.25, -0.2) is 18.5 Å². The molecule has 0 unspecified atom stereocenters. The molecule has 4 amide bonds. The van der Waals surface area contributed by atoms with Gasteiger partial charge in [-0.05, 0) is 12.1 Å². The highest BCUT2D eigenvalue weighted by molar-refractivity contribution is 9.10.